The monoisotopic (exact) mass is 610 g/mol. The normalized spacial score (nSPS) is 11.3. The molecule has 0 N–H and O–H groups in total. The Balaban J connectivity index is 1.44. The van der Waals surface area contributed by atoms with Gasteiger partial charge < -0.3 is 18.6 Å². The molecule has 0 unspecified atom stereocenters. The van der Waals surface area contributed by atoms with Gasteiger partial charge in [0, 0.05) is 16.7 Å². The highest BCUT2D eigenvalue weighted by Crippen LogP contribution is 2.39. The van der Waals surface area contributed by atoms with Gasteiger partial charge >= 0.3 is 5.69 Å². The molecule has 4 aromatic carbocycles. The van der Waals surface area contributed by atoms with Crippen molar-refractivity contribution in [2.75, 3.05) is 14.2 Å². The number of benzene rings is 4. The molecular weight excluding hydrogens is 588 g/mol. The molecule has 0 fully saturated rings. The molecule has 220 valence electrons. The second-order valence-electron chi connectivity index (χ2n) is 9.54. The predicted molar refractivity (Wildman–Crippen MR) is 166 cm³/mol. The molecule has 0 atom stereocenters. The number of hydrogen-bond donors (Lipinski definition) is 0. The Hall–Kier alpha value is -5.68. The Bertz CT molecular complexity index is 2120. The zero-order valence-corrected chi connectivity index (χ0v) is 24.1. The maximum atomic E-state index is 13.7. The number of fused-ring (bicyclic) bond motifs is 2. The minimum atomic E-state index is -0.575. The Morgan fingerprint density at radius 1 is 0.977 bits per heavy atom. The van der Waals surface area contributed by atoms with Crippen LogP contribution >= 0.6 is 11.6 Å². The van der Waals surface area contributed by atoms with Crippen molar-refractivity contribution in [3.05, 3.63) is 122 Å². The van der Waals surface area contributed by atoms with Gasteiger partial charge in [0.15, 0.2) is 11.5 Å². The van der Waals surface area contributed by atoms with Crippen molar-refractivity contribution < 1.29 is 23.6 Å². The van der Waals surface area contributed by atoms with Crippen molar-refractivity contribution in [2.45, 2.75) is 6.61 Å². The van der Waals surface area contributed by atoms with Crippen LogP contribution in [-0.2, 0) is 6.61 Å². The summed E-state index contributed by atoms with van der Waals surface area (Å²) in [5.41, 5.74) is 1.23. The fourth-order valence-electron chi connectivity index (χ4n) is 4.69. The number of para-hydroxylation sites is 1. The molecular formula is C32H23ClN4O7. The minimum Gasteiger partial charge on any atom is -0.496 e. The van der Waals surface area contributed by atoms with Gasteiger partial charge in [-0.3, -0.25) is 14.9 Å². The number of methoxy groups -OCH3 is 2. The van der Waals surface area contributed by atoms with Gasteiger partial charge in [0.1, 0.15) is 17.9 Å². The summed E-state index contributed by atoms with van der Waals surface area (Å²) in [7, 11) is 2.93. The van der Waals surface area contributed by atoms with Crippen molar-refractivity contribution in [1.82, 2.24) is 9.66 Å². The highest BCUT2D eigenvalue weighted by atomic mass is 35.5. The van der Waals surface area contributed by atoms with Crippen LogP contribution in [0, 0.1) is 10.1 Å². The van der Waals surface area contributed by atoms with E-state index in [1.165, 1.54) is 25.5 Å². The molecule has 6 aromatic rings. The standard InChI is InChI=1S/C32H23ClN4O7/c1-41-26-8-5-9-27-23(26)16-29(44-27)31-35-24-7-4-3-6-22(24)32(38)36(31)34-17-20-14-25(37(39)40)30(28(15-20)42-2)43-18-19-10-12-21(33)13-11-19/h3-17H,18H2,1-2H3. The SMILES string of the molecule is COc1cc(C=Nn2c(-c3cc4c(OC)cccc4o3)nc3ccccc3c2=O)cc([N+](=O)[O-])c1OCc1ccc(Cl)cc1. The summed E-state index contributed by atoms with van der Waals surface area (Å²) < 4.78 is 23.9. The van der Waals surface area contributed by atoms with E-state index < -0.39 is 10.5 Å². The van der Waals surface area contributed by atoms with E-state index in [4.69, 9.17) is 30.2 Å². The van der Waals surface area contributed by atoms with Gasteiger partial charge in [-0.2, -0.15) is 9.78 Å². The molecule has 0 spiro atoms. The number of nitrogens with zero attached hydrogens (tertiary/aromatic N) is 4. The van der Waals surface area contributed by atoms with Crippen LogP contribution in [0.1, 0.15) is 11.1 Å². The van der Waals surface area contributed by atoms with Gasteiger partial charge in [-0.15, -0.1) is 0 Å². The Morgan fingerprint density at radius 3 is 2.50 bits per heavy atom. The number of ether oxygens (including phenoxy) is 3. The van der Waals surface area contributed by atoms with Crippen molar-refractivity contribution >= 4 is 45.4 Å². The average Bonchev–Trinajstić information content (AvgIpc) is 3.48. The molecule has 0 radical (unpaired) electrons. The summed E-state index contributed by atoms with van der Waals surface area (Å²) in [6, 6.07) is 23.7. The molecule has 2 heterocycles. The highest BCUT2D eigenvalue weighted by molar-refractivity contribution is 6.30. The molecule has 0 aliphatic carbocycles. The summed E-state index contributed by atoms with van der Waals surface area (Å²) in [6.45, 7) is 0.0472. The average molecular weight is 611 g/mol. The topological polar surface area (TPSA) is 131 Å². The van der Waals surface area contributed by atoms with Crippen molar-refractivity contribution in [2.24, 2.45) is 5.10 Å². The Kier molecular flexibility index (Phi) is 7.69. The highest BCUT2D eigenvalue weighted by Gasteiger charge is 2.23. The second-order valence-corrected chi connectivity index (χ2v) is 9.98. The first-order valence-electron chi connectivity index (χ1n) is 13.2. The number of nitro groups is 1. The number of furan rings is 1. The molecule has 12 heteroatoms. The fourth-order valence-corrected chi connectivity index (χ4v) is 4.81. The molecule has 2 aromatic heterocycles. The molecule has 0 saturated carbocycles. The zero-order valence-electron chi connectivity index (χ0n) is 23.4. The molecule has 0 aliphatic heterocycles. The van der Waals surface area contributed by atoms with E-state index >= 15 is 0 Å². The second kappa shape index (κ2) is 11.9. The lowest BCUT2D eigenvalue weighted by Gasteiger charge is -2.12. The van der Waals surface area contributed by atoms with Crippen LogP contribution in [0.4, 0.5) is 5.69 Å². The number of aromatic nitrogens is 2. The lowest BCUT2D eigenvalue weighted by atomic mass is 10.1. The molecule has 44 heavy (non-hydrogen) atoms. The molecule has 6 rings (SSSR count). The quantitative estimate of drug-likeness (QED) is 0.0986. The smallest absolute Gasteiger partial charge is 0.315 e. The van der Waals surface area contributed by atoms with E-state index in [0.717, 1.165) is 10.2 Å². The summed E-state index contributed by atoms with van der Waals surface area (Å²) in [6.07, 6.45) is 1.31. The van der Waals surface area contributed by atoms with Crippen LogP contribution < -0.4 is 19.8 Å². The maximum absolute atomic E-state index is 13.7. The number of nitro benzene ring substituents is 1. The molecule has 11 nitrogen and oxygen atoms in total. The van der Waals surface area contributed by atoms with E-state index in [0.29, 0.717) is 32.6 Å². The largest absolute Gasteiger partial charge is 0.496 e. The first-order valence-corrected chi connectivity index (χ1v) is 13.6. The lowest BCUT2D eigenvalue weighted by Crippen LogP contribution is -2.20. The van der Waals surface area contributed by atoms with Gasteiger partial charge in [-0.25, -0.2) is 4.98 Å². The fraction of sp³-hybridized carbons (Fsp3) is 0.0938. The van der Waals surface area contributed by atoms with Crippen molar-refractivity contribution in [3.8, 4) is 28.8 Å². The summed E-state index contributed by atoms with van der Waals surface area (Å²) >= 11 is 5.95. The molecule has 0 saturated heterocycles. The van der Waals surface area contributed by atoms with E-state index in [-0.39, 0.29) is 40.9 Å². The first-order chi connectivity index (χ1) is 21.4. The third-order valence-electron chi connectivity index (χ3n) is 6.81. The van der Waals surface area contributed by atoms with Crippen LogP contribution in [0.2, 0.25) is 5.02 Å². The first kappa shape index (κ1) is 28.4. The number of hydrogen-bond acceptors (Lipinski definition) is 9. The molecule has 0 amide bonds. The van der Waals surface area contributed by atoms with E-state index in [9.17, 15) is 14.9 Å². The summed E-state index contributed by atoms with van der Waals surface area (Å²) in [5, 5.41) is 18.1. The van der Waals surface area contributed by atoms with E-state index in [2.05, 4.69) is 10.1 Å². The minimum absolute atomic E-state index is 0.0472. The number of halogens is 1. The molecule has 0 aliphatic rings. The third kappa shape index (κ3) is 5.43. The predicted octanol–water partition coefficient (Wildman–Crippen LogP) is 6.85. The summed E-state index contributed by atoms with van der Waals surface area (Å²) in [4.78, 5) is 29.8. The lowest BCUT2D eigenvalue weighted by molar-refractivity contribution is -0.386. The van der Waals surface area contributed by atoms with Crippen molar-refractivity contribution in [1.29, 1.82) is 0 Å². The van der Waals surface area contributed by atoms with E-state index in [1.54, 1.807) is 79.9 Å². The van der Waals surface area contributed by atoms with Gasteiger partial charge in [0.2, 0.25) is 11.6 Å². The number of rotatable bonds is 9. The Morgan fingerprint density at radius 2 is 1.75 bits per heavy atom. The van der Waals surface area contributed by atoms with Crippen LogP contribution in [0.15, 0.2) is 99.2 Å². The van der Waals surface area contributed by atoms with Crippen LogP contribution in [-0.4, -0.2) is 35.0 Å². The maximum Gasteiger partial charge on any atom is 0.315 e. The third-order valence-corrected chi connectivity index (χ3v) is 7.06. The van der Waals surface area contributed by atoms with Crippen LogP contribution in [0.25, 0.3) is 33.5 Å². The van der Waals surface area contributed by atoms with Crippen LogP contribution in [0.3, 0.4) is 0 Å². The van der Waals surface area contributed by atoms with Crippen molar-refractivity contribution in [3.63, 3.8) is 0 Å². The van der Waals surface area contributed by atoms with E-state index in [1.807, 2.05) is 0 Å². The van der Waals surface area contributed by atoms with Gasteiger partial charge in [0.25, 0.3) is 5.56 Å². The molecule has 0 bridgehead atoms. The Labute approximate surface area is 254 Å². The zero-order chi connectivity index (χ0) is 30.8. The van der Waals surface area contributed by atoms with Crippen LogP contribution in [0.5, 0.6) is 17.2 Å². The van der Waals surface area contributed by atoms with Gasteiger partial charge in [-0.1, -0.05) is 41.9 Å². The summed E-state index contributed by atoms with van der Waals surface area (Å²) in [5.74, 6) is 1.06. The van der Waals surface area contributed by atoms with Gasteiger partial charge in [0.05, 0.1) is 41.6 Å². The van der Waals surface area contributed by atoms with Gasteiger partial charge in [-0.05, 0) is 54.1 Å².